The third kappa shape index (κ3) is 4.26. The fourth-order valence-corrected chi connectivity index (χ4v) is 2.38. The summed E-state index contributed by atoms with van der Waals surface area (Å²) in [4.78, 5) is 12.5. The van der Waals surface area contributed by atoms with Gasteiger partial charge in [0.2, 0.25) is 5.82 Å². The highest BCUT2D eigenvalue weighted by atomic mass is 35.5. The van der Waals surface area contributed by atoms with Gasteiger partial charge < -0.3 is 10.1 Å². The molecule has 1 aromatic heterocycles. The first-order valence-electron chi connectivity index (χ1n) is 7.25. The molecule has 0 saturated heterocycles. The van der Waals surface area contributed by atoms with Crippen LogP contribution in [0.4, 0.5) is 5.69 Å². The van der Waals surface area contributed by atoms with Gasteiger partial charge in [-0.05, 0) is 42.8 Å². The number of amides is 1. The molecule has 2 N–H and O–H groups in total. The SMILES string of the molecule is Cc1ccc(OCc2nn[nH]n2)c(NC(=O)c2ccc(Cl)c(Cl)c2)c1. The molecule has 25 heavy (non-hydrogen) atoms. The maximum Gasteiger partial charge on any atom is 0.255 e. The monoisotopic (exact) mass is 377 g/mol. The lowest BCUT2D eigenvalue weighted by atomic mass is 10.1. The van der Waals surface area contributed by atoms with Crippen LogP contribution >= 0.6 is 23.2 Å². The summed E-state index contributed by atoms with van der Waals surface area (Å²) in [6, 6.07) is 10.1. The van der Waals surface area contributed by atoms with E-state index in [1.165, 1.54) is 6.07 Å². The van der Waals surface area contributed by atoms with Crippen molar-refractivity contribution in [3.8, 4) is 5.75 Å². The number of nitrogens with zero attached hydrogens (tertiary/aromatic N) is 3. The molecule has 7 nitrogen and oxygen atoms in total. The van der Waals surface area contributed by atoms with Crippen LogP contribution in [0.1, 0.15) is 21.7 Å². The Hall–Kier alpha value is -2.64. The van der Waals surface area contributed by atoms with E-state index in [1.54, 1.807) is 24.3 Å². The Morgan fingerprint density at radius 1 is 1.20 bits per heavy atom. The molecular weight excluding hydrogens is 365 g/mol. The van der Waals surface area contributed by atoms with Crippen molar-refractivity contribution >= 4 is 34.8 Å². The Labute approximate surface area is 153 Å². The summed E-state index contributed by atoms with van der Waals surface area (Å²) >= 11 is 11.8. The van der Waals surface area contributed by atoms with Crippen molar-refractivity contribution in [3.63, 3.8) is 0 Å². The highest BCUT2D eigenvalue weighted by Gasteiger charge is 2.13. The topological polar surface area (TPSA) is 92.8 Å². The number of ether oxygens (including phenoxy) is 1. The Morgan fingerprint density at radius 3 is 2.76 bits per heavy atom. The smallest absolute Gasteiger partial charge is 0.255 e. The van der Waals surface area contributed by atoms with Crippen molar-refractivity contribution in [1.29, 1.82) is 0 Å². The molecular formula is C16H13Cl2N5O2. The first-order chi connectivity index (χ1) is 12.0. The Morgan fingerprint density at radius 2 is 2.04 bits per heavy atom. The number of aryl methyl sites for hydroxylation is 1. The summed E-state index contributed by atoms with van der Waals surface area (Å²) in [7, 11) is 0. The van der Waals surface area contributed by atoms with E-state index in [9.17, 15) is 4.79 Å². The van der Waals surface area contributed by atoms with Gasteiger partial charge in [-0.1, -0.05) is 34.5 Å². The molecule has 128 valence electrons. The van der Waals surface area contributed by atoms with Crippen LogP contribution in [0, 0.1) is 6.92 Å². The molecule has 0 radical (unpaired) electrons. The number of nitrogens with one attached hydrogen (secondary N) is 2. The van der Waals surface area contributed by atoms with Gasteiger partial charge in [0.15, 0.2) is 6.61 Å². The van der Waals surface area contributed by atoms with Gasteiger partial charge in [0.25, 0.3) is 5.91 Å². The van der Waals surface area contributed by atoms with E-state index in [-0.39, 0.29) is 12.5 Å². The predicted octanol–water partition coefficient (Wildman–Crippen LogP) is 3.65. The van der Waals surface area contributed by atoms with E-state index in [0.29, 0.717) is 32.9 Å². The summed E-state index contributed by atoms with van der Waals surface area (Å²) in [5.74, 6) is 0.569. The normalized spacial score (nSPS) is 10.5. The number of tetrazole rings is 1. The lowest BCUT2D eigenvalue weighted by Crippen LogP contribution is -2.13. The molecule has 0 bridgehead atoms. The van der Waals surface area contributed by atoms with Crippen LogP contribution in [0.3, 0.4) is 0 Å². The molecule has 0 atom stereocenters. The van der Waals surface area contributed by atoms with Crippen molar-refractivity contribution in [2.75, 3.05) is 5.32 Å². The van der Waals surface area contributed by atoms with Gasteiger partial charge >= 0.3 is 0 Å². The number of aromatic amines is 1. The standard InChI is InChI=1S/C16H13Cl2N5O2/c1-9-2-5-14(25-8-15-20-22-23-21-15)13(6-9)19-16(24)10-3-4-11(17)12(18)7-10/h2-7H,8H2,1H3,(H,19,24)(H,20,21,22,23). The van der Waals surface area contributed by atoms with E-state index >= 15 is 0 Å². The lowest BCUT2D eigenvalue weighted by Gasteiger charge is -2.13. The third-order valence-electron chi connectivity index (χ3n) is 3.31. The van der Waals surface area contributed by atoms with Gasteiger partial charge in [0, 0.05) is 5.56 Å². The summed E-state index contributed by atoms with van der Waals surface area (Å²) in [6.45, 7) is 2.03. The van der Waals surface area contributed by atoms with Gasteiger partial charge in [-0.2, -0.15) is 5.21 Å². The molecule has 0 spiro atoms. The molecule has 0 saturated carbocycles. The number of hydrogen-bond donors (Lipinski definition) is 2. The van der Waals surface area contributed by atoms with E-state index in [4.69, 9.17) is 27.9 Å². The molecule has 0 aliphatic carbocycles. The Kier molecular flexibility index (Phi) is 5.16. The van der Waals surface area contributed by atoms with Crippen molar-refractivity contribution in [2.24, 2.45) is 0 Å². The maximum absolute atomic E-state index is 12.5. The molecule has 3 aromatic rings. The van der Waals surface area contributed by atoms with Crippen LogP contribution < -0.4 is 10.1 Å². The summed E-state index contributed by atoms with van der Waals surface area (Å²) < 4.78 is 5.67. The van der Waals surface area contributed by atoms with E-state index in [2.05, 4.69) is 25.9 Å². The highest BCUT2D eigenvalue weighted by Crippen LogP contribution is 2.28. The van der Waals surface area contributed by atoms with E-state index in [1.807, 2.05) is 13.0 Å². The quantitative estimate of drug-likeness (QED) is 0.707. The third-order valence-corrected chi connectivity index (χ3v) is 4.05. The molecule has 1 amide bonds. The number of halogens is 2. The Balaban J connectivity index is 1.79. The molecule has 9 heteroatoms. The molecule has 1 heterocycles. The Bertz CT molecular complexity index is 900. The van der Waals surface area contributed by atoms with Gasteiger partial charge in [-0.25, -0.2) is 0 Å². The molecule has 0 unspecified atom stereocenters. The van der Waals surface area contributed by atoms with Crippen molar-refractivity contribution < 1.29 is 9.53 Å². The van der Waals surface area contributed by atoms with Crippen molar-refractivity contribution in [3.05, 3.63) is 63.4 Å². The van der Waals surface area contributed by atoms with E-state index < -0.39 is 0 Å². The highest BCUT2D eigenvalue weighted by molar-refractivity contribution is 6.42. The van der Waals surface area contributed by atoms with Crippen LogP contribution in [0.2, 0.25) is 10.0 Å². The second kappa shape index (κ2) is 7.50. The van der Waals surface area contributed by atoms with Crippen LogP contribution in [-0.2, 0) is 6.61 Å². The first-order valence-corrected chi connectivity index (χ1v) is 8.00. The zero-order chi connectivity index (χ0) is 17.8. The summed E-state index contributed by atoms with van der Waals surface area (Å²) in [5.41, 5.74) is 1.89. The van der Waals surface area contributed by atoms with Crippen LogP contribution in [-0.4, -0.2) is 26.5 Å². The van der Waals surface area contributed by atoms with Gasteiger partial charge in [-0.3, -0.25) is 4.79 Å². The number of hydrogen-bond acceptors (Lipinski definition) is 5. The average Bonchev–Trinajstić information content (AvgIpc) is 3.10. The fourth-order valence-electron chi connectivity index (χ4n) is 2.09. The molecule has 0 fully saturated rings. The number of anilines is 1. The number of H-pyrrole nitrogens is 1. The minimum atomic E-state index is -0.325. The minimum Gasteiger partial charge on any atom is -0.483 e. The van der Waals surface area contributed by atoms with E-state index in [0.717, 1.165) is 5.56 Å². The minimum absolute atomic E-state index is 0.120. The van der Waals surface area contributed by atoms with Crippen LogP contribution in [0.25, 0.3) is 0 Å². The molecule has 0 aliphatic rings. The zero-order valence-corrected chi connectivity index (χ0v) is 14.6. The second-order valence-corrected chi connectivity index (χ2v) is 6.01. The average molecular weight is 378 g/mol. The zero-order valence-electron chi connectivity index (χ0n) is 13.1. The lowest BCUT2D eigenvalue weighted by molar-refractivity contribution is 0.102. The van der Waals surface area contributed by atoms with Crippen molar-refractivity contribution in [1.82, 2.24) is 20.6 Å². The van der Waals surface area contributed by atoms with Crippen LogP contribution in [0.15, 0.2) is 36.4 Å². The number of carbonyl (C=O) groups is 1. The van der Waals surface area contributed by atoms with Gasteiger partial charge in [-0.15, -0.1) is 10.2 Å². The van der Waals surface area contributed by atoms with Crippen molar-refractivity contribution in [2.45, 2.75) is 13.5 Å². The molecule has 0 aliphatic heterocycles. The van der Waals surface area contributed by atoms with Gasteiger partial charge in [0.1, 0.15) is 5.75 Å². The van der Waals surface area contributed by atoms with Gasteiger partial charge in [0.05, 0.1) is 15.7 Å². The largest absolute Gasteiger partial charge is 0.483 e. The number of carbonyl (C=O) groups excluding carboxylic acids is 1. The number of rotatable bonds is 5. The molecule has 2 aromatic carbocycles. The maximum atomic E-state index is 12.5. The predicted molar refractivity (Wildman–Crippen MR) is 94.1 cm³/mol. The first kappa shape index (κ1) is 17.2. The summed E-state index contributed by atoms with van der Waals surface area (Å²) in [5, 5.41) is 17.0. The number of aromatic nitrogens is 4. The summed E-state index contributed by atoms with van der Waals surface area (Å²) in [6.07, 6.45) is 0. The fraction of sp³-hybridized carbons (Fsp3) is 0.125. The molecule has 3 rings (SSSR count). The van der Waals surface area contributed by atoms with Crippen LogP contribution in [0.5, 0.6) is 5.75 Å². The second-order valence-electron chi connectivity index (χ2n) is 5.20. The number of benzene rings is 2.